The number of thioether (sulfide) groups is 1. The predicted molar refractivity (Wildman–Crippen MR) is 67.5 cm³/mol. The van der Waals surface area contributed by atoms with Gasteiger partial charge in [0.05, 0.1) is 11.6 Å². The van der Waals surface area contributed by atoms with Crippen molar-refractivity contribution < 1.29 is 4.79 Å². The van der Waals surface area contributed by atoms with Gasteiger partial charge in [0.2, 0.25) is 0 Å². The fourth-order valence-electron chi connectivity index (χ4n) is 1.37. The molecule has 3 heteroatoms. The van der Waals surface area contributed by atoms with Crippen molar-refractivity contribution in [3.8, 4) is 6.07 Å². The first-order valence-electron chi connectivity index (χ1n) is 5.26. The molecule has 0 aliphatic heterocycles. The van der Waals surface area contributed by atoms with Gasteiger partial charge < -0.3 is 0 Å². The second-order valence-electron chi connectivity index (χ2n) is 3.59. The third-order valence-electron chi connectivity index (χ3n) is 2.36. The van der Waals surface area contributed by atoms with Crippen LogP contribution in [-0.2, 0) is 11.2 Å². The molecule has 0 aliphatic rings. The van der Waals surface area contributed by atoms with Crippen molar-refractivity contribution in [1.29, 1.82) is 5.26 Å². The lowest BCUT2D eigenvalue weighted by molar-refractivity contribution is -0.118. The molecule has 16 heavy (non-hydrogen) atoms. The Morgan fingerprint density at radius 3 is 2.56 bits per heavy atom. The zero-order valence-electron chi connectivity index (χ0n) is 9.40. The molecule has 1 rings (SSSR count). The van der Waals surface area contributed by atoms with Crippen molar-refractivity contribution in [3.05, 3.63) is 35.4 Å². The van der Waals surface area contributed by atoms with Gasteiger partial charge in [0.15, 0.2) is 0 Å². The number of carbonyl (C=O) groups is 1. The Kier molecular flexibility index (Phi) is 5.66. The first-order valence-corrected chi connectivity index (χ1v) is 6.65. The molecule has 0 unspecified atom stereocenters. The molecule has 1 aromatic rings. The fourth-order valence-corrected chi connectivity index (χ4v) is 1.80. The Balaban J connectivity index is 2.37. The highest BCUT2D eigenvalue weighted by molar-refractivity contribution is 7.98. The number of rotatable bonds is 6. The van der Waals surface area contributed by atoms with Crippen LogP contribution in [-0.4, -0.2) is 17.8 Å². The maximum atomic E-state index is 11.4. The molecule has 2 nitrogen and oxygen atoms in total. The van der Waals surface area contributed by atoms with Crippen LogP contribution in [0.15, 0.2) is 24.3 Å². The topological polar surface area (TPSA) is 40.9 Å². The van der Waals surface area contributed by atoms with Gasteiger partial charge in [-0.15, -0.1) is 0 Å². The average Bonchev–Trinajstić information content (AvgIpc) is 2.34. The molecular weight excluding hydrogens is 218 g/mol. The van der Waals surface area contributed by atoms with Gasteiger partial charge in [-0.3, -0.25) is 4.79 Å². The molecule has 0 aliphatic carbocycles. The summed E-state index contributed by atoms with van der Waals surface area (Å²) in [4.78, 5) is 11.4. The van der Waals surface area contributed by atoms with Crippen LogP contribution in [0.5, 0.6) is 0 Å². The van der Waals surface area contributed by atoms with E-state index in [1.54, 1.807) is 23.9 Å². The number of benzene rings is 1. The number of hydrogen-bond acceptors (Lipinski definition) is 3. The highest BCUT2D eigenvalue weighted by Gasteiger charge is 2.02. The summed E-state index contributed by atoms with van der Waals surface area (Å²) in [6.07, 6.45) is 4.05. The predicted octanol–water partition coefficient (Wildman–Crippen LogP) is 2.81. The van der Waals surface area contributed by atoms with E-state index in [0.29, 0.717) is 24.2 Å². The highest BCUT2D eigenvalue weighted by Crippen LogP contribution is 2.08. The smallest absolute Gasteiger partial charge is 0.134 e. The fraction of sp³-hybridized carbons (Fsp3) is 0.385. The minimum Gasteiger partial charge on any atom is -0.300 e. The number of hydrogen-bond donors (Lipinski definition) is 0. The Labute approximate surface area is 101 Å². The molecule has 0 aromatic heterocycles. The number of nitriles is 1. The average molecular weight is 233 g/mol. The summed E-state index contributed by atoms with van der Waals surface area (Å²) in [7, 11) is 0. The van der Waals surface area contributed by atoms with Gasteiger partial charge in [0, 0.05) is 12.8 Å². The number of aryl methyl sites for hydroxylation is 1. The van der Waals surface area contributed by atoms with Crippen molar-refractivity contribution in [2.45, 2.75) is 19.3 Å². The van der Waals surface area contributed by atoms with Gasteiger partial charge in [0.25, 0.3) is 0 Å². The molecule has 0 fully saturated rings. The Hall–Kier alpha value is -1.27. The van der Waals surface area contributed by atoms with E-state index in [1.165, 1.54) is 0 Å². The minimum atomic E-state index is 0.318. The summed E-state index contributed by atoms with van der Waals surface area (Å²) in [5.74, 6) is 1.23. The summed E-state index contributed by atoms with van der Waals surface area (Å²) < 4.78 is 0. The summed E-state index contributed by atoms with van der Waals surface area (Å²) in [5.41, 5.74) is 1.79. The third-order valence-corrected chi connectivity index (χ3v) is 2.97. The maximum Gasteiger partial charge on any atom is 0.134 e. The van der Waals surface area contributed by atoms with E-state index in [2.05, 4.69) is 6.07 Å². The molecule has 0 spiro atoms. The quantitative estimate of drug-likeness (QED) is 0.758. The first-order chi connectivity index (χ1) is 7.76. The van der Waals surface area contributed by atoms with Gasteiger partial charge in [0.1, 0.15) is 5.78 Å². The van der Waals surface area contributed by atoms with Gasteiger partial charge in [-0.25, -0.2) is 0 Å². The van der Waals surface area contributed by atoms with Crippen LogP contribution < -0.4 is 0 Å². The van der Waals surface area contributed by atoms with E-state index >= 15 is 0 Å². The largest absolute Gasteiger partial charge is 0.300 e. The van der Waals surface area contributed by atoms with E-state index in [-0.39, 0.29) is 0 Å². The van der Waals surface area contributed by atoms with Crippen molar-refractivity contribution in [2.75, 3.05) is 12.0 Å². The van der Waals surface area contributed by atoms with E-state index in [9.17, 15) is 4.79 Å². The SMILES string of the molecule is CSCCC(=O)CCc1ccc(C#N)cc1. The van der Waals surface area contributed by atoms with Crippen LogP contribution in [0.1, 0.15) is 24.0 Å². The maximum absolute atomic E-state index is 11.4. The lowest BCUT2D eigenvalue weighted by Crippen LogP contribution is -2.01. The lowest BCUT2D eigenvalue weighted by Gasteiger charge is -2.01. The van der Waals surface area contributed by atoms with Crippen LogP contribution in [0.4, 0.5) is 0 Å². The molecule has 0 saturated carbocycles. The number of ketones is 1. The van der Waals surface area contributed by atoms with Gasteiger partial charge in [-0.2, -0.15) is 17.0 Å². The van der Waals surface area contributed by atoms with Crippen molar-refractivity contribution in [1.82, 2.24) is 0 Å². The van der Waals surface area contributed by atoms with Crippen LogP contribution in [0, 0.1) is 11.3 Å². The van der Waals surface area contributed by atoms with Crippen LogP contribution in [0.2, 0.25) is 0 Å². The van der Waals surface area contributed by atoms with Crippen LogP contribution >= 0.6 is 11.8 Å². The van der Waals surface area contributed by atoms with E-state index < -0.39 is 0 Å². The second-order valence-corrected chi connectivity index (χ2v) is 4.58. The van der Waals surface area contributed by atoms with E-state index in [4.69, 9.17) is 5.26 Å². The van der Waals surface area contributed by atoms with Crippen LogP contribution in [0.25, 0.3) is 0 Å². The zero-order valence-corrected chi connectivity index (χ0v) is 10.2. The van der Waals surface area contributed by atoms with Gasteiger partial charge in [-0.05, 0) is 36.1 Å². The normalized spacial score (nSPS) is 9.75. The molecule has 0 atom stereocenters. The first kappa shape index (κ1) is 12.8. The number of carbonyl (C=O) groups excluding carboxylic acids is 1. The summed E-state index contributed by atoms with van der Waals surface area (Å²) in [5, 5.41) is 8.64. The molecule has 0 amide bonds. The zero-order chi connectivity index (χ0) is 11.8. The van der Waals surface area contributed by atoms with Crippen molar-refractivity contribution >= 4 is 17.5 Å². The van der Waals surface area contributed by atoms with Crippen molar-refractivity contribution in [3.63, 3.8) is 0 Å². The Morgan fingerprint density at radius 2 is 2.00 bits per heavy atom. The monoisotopic (exact) mass is 233 g/mol. The molecule has 0 heterocycles. The Bertz CT molecular complexity index is 378. The molecule has 84 valence electrons. The summed E-state index contributed by atoms with van der Waals surface area (Å²) in [6.45, 7) is 0. The standard InChI is InChI=1S/C13H15NOS/c1-16-9-8-13(15)7-6-11-2-4-12(10-14)5-3-11/h2-5H,6-9H2,1H3. The van der Waals surface area contributed by atoms with E-state index in [0.717, 1.165) is 17.7 Å². The van der Waals surface area contributed by atoms with Crippen LogP contribution in [0.3, 0.4) is 0 Å². The molecule has 0 radical (unpaired) electrons. The lowest BCUT2D eigenvalue weighted by atomic mass is 10.1. The second kappa shape index (κ2) is 7.08. The third kappa shape index (κ3) is 4.50. The minimum absolute atomic E-state index is 0.318. The molecule has 0 saturated heterocycles. The molecule has 1 aromatic carbocycles. The van der Waals surface area contributed by atoms with Gasteiger partial charge in [-0.1, -0.05) is 12.1 Å². The summed E-state index contributed by atoms with van der Waals surface area (Å²) in [6, 6.07) is 9.50. The Morgan fingerprint density at radius 1 is 1.31 bits per heavy atom. The number of Topliss-reactive ketones (excluding diaryl/α,β-unsaturated/α-hetero) is 1. The van der Waals surface area contributed by atoms with Crippen molar-refractivity contribution in [2.24, 2.45) is 0 Å². The molecular formula is C13H15NOS. The highest BCUT2D eigenvalue weighted by atomic mass is 32.2. The molecule has 0 N–H and O–H groups in total. The van der Waals surface area contributed by atoms with Gasteiger partial charge >= 0.3 is 0 Å². The number of nitrogens with zero attached hydrogens (tertiary/aromatic N) is 1. The van der Waals surface area contributed by atoms with E-state index in [1.807, 2.05) is 18.4 Å². The molecule has 0 bridgehead atoms. The summed E-state index contributed by atoms with van der Waals surface area (Å²) >= 11 is 1.70.